The third-order valence-electron chi connectivity index (χ3n) is 3.28. The van der Waals surface area contributed by atoms with Gasteiger partial charge in [0.2, 0.25) is 5.13 Å². The van der Waals surface area contributed by atoms with E-state index in [-0.39, 0.29) is 0 Å². The lowest BCUT2D eigenvalue weighted by Crippen LogP contribution is -1.96. The topological polar surface area (TPSA) is 50.7 Å². The first kappa shape index (κ1) is 16.2. The standard InChI is InChI=1S/C16H15ClN4S2/c1-3-8-18-15-20-21-16(23-15)22-9-13-14(17)10(2)11-6-4-5-7-12(11)19-13/h3-7H,1,8-9H2,2H3,(H,18,20). The average Bonchev–Trinajstić information content (AvgIpc) is 3.03. The molecule has 0 aliphatic rings. The van der Waals surface area contributed by atoms with Crippen molar-refractivity contribution in [1.29, 1.82) is 0 Å². The molecule has 2 heterocycles. The highest BCUT2D eigenvalue weighted by Gasteiger charge is 2.12. The van der Waals surface area contributed by atoms with Crippen molar-refractivity contribution in [3.63, 3.8) is 0 Å². The zero-order valence-corrected chi connectivity index (χ0v) is 14.9. The molecule has 0 saturated heterocycles. The molecule has 0 aliphatic heterocycles. The van der Waals surface area contributed by atoms with Crippen LogP contribution in [0.3, 0.4) is 0 Å². The third-order valence-corrected chi connectivity index (χ3v) is 5.81. The van der Waals surface area contributed by atoms with Crippen LogP contribution in [0.1, 0.15) is 11.3 Å². The molecule has 23 heavy (non-hydrogen) atoms. The SMILES string of the molecule is C=CCNc1nnc(SCc2nc3ccccc3c(C)c2Cl)s1. The summed E-state index contributed by atoms with van der Waals surface area (Å²) in [4.78, 5) is 4.68. The molecule has 0 amide bonds. The molecule has 0 bridgehead atoms. The van der Waals surface area contributed by atoms with E-state index in [0.29, 0.717) is 12.3 Å². The molecule has 3 aromatic rings. The van der Waals surface area contributed by atoms with E-state index < -0.39 is 0 Å². The summed E-state index contributed by atoms with van der Waals surface area (Å²) in [6.07, 6.45) is 1.79. The fraction of sp³-hybridized carbons (Fsp3) is 0.188. The minimum Gasteiger partial charge on any atom is -0.357 e. The third kappa shape index (κ3) is 3.65. The summed E-state index contributed by atoms with van der Waals surface area (Å²) in [5, 5.41) is 14.0. The van der Waals surface area contributed by atoms with Gasteiger partial charge in [-0.05, 0) is 18.6 Å². The molecule has 4 nitrogen and oxygen atoms in total. The highest BCUT2D eigenvalue weighted by Crippen LogP contribution is 2.33. The van der Waals surface area contributed by atoms with Crippen molar-refractivity contribution in [1.82, 2.24) is 15.2 Å². The largest absolute Gasteiger partial charge is 0.357 e. The molecule has 0 radical (unpaired) electrons. The Bertz CT molecular complexity index is 847. The number of halogens is 1. The highest BCUT2D eigenvalue weighted by molar-refractivity contribution is 8.00. The van der Waals surface area contributed by atoms with Gasteiger partial charge in [0.1, 0.15) is 0 Å². The Kier molecular flexibility index (Phi) is 5.15. The number of para-hydroxylation sites is 1. The predicted octanol–water partition coefficient (Wildman–Crippen LogP) is 4.94. The van der Waals surface area contributed by atoms with Crippen LogP contribution in [0.5, 0.6) is 0 Å². The summed E-state index contributed by atoms with van der Waals surface area (Å²) in [5.74, 6) is 0.667. The Balaban J connectivity index is 1.77. The van der Waals surface area contributed by atoms with Crippen LogP contribution < -0.4 is 5.32 Å². The van der Waals surface area contributed by atoms with Crippen molar-refractivity contribution in [2.24, 2.45) is 0 Å². The van der Waals surface area contributed by atoms with E-state index in [4.69, 9.17) is 11.6 Å². The van der Waals surface area contributed by atoms with Crippen molar-refractivity contribution in [3.05, 3.63) is 53.2 Å². The van der Waals surface area contributed by atoms with E-state index in [1.807, 2.05) is 31.2 Å². The number of nitrogens with zero attached hydrogens (tertiary/aromatic N) is 3. The van der Waals surface area contributed by atoms with Crippen molar-refractivity contribution >= 4 is 50.7 Å². The molecule has 7 heteroatoms. The van der Waals surface area contributed by atoms with Crippen molar-refractivity contribution in [2.75, 3.05) is 11.9 Å². The number of thioether (sulfide) groups is 1. The maximum Gasteiger partial charge on any atom is 0.206 e. The lowest BCUT2D eigenvalue weighted by Gasteiger charge is -2.09. The normalized spacial score (nSPS) is 10.9. The molecule has 0 fully saturated rings. The summed E-state index contributed by atoms with van der Waals surface area (Å²) in [7, 11) is 0. The minimum atomic E-state index is 0.667. The Morgan fingerprint density at radius 3 is 3.00 bits per heavy atom. The summed E-state index contributed by atoms with van der Waals surface area (Å²) in [6, 6.07) is 8.04. The molecular formula is C16H15ClN4S2. The Hall–Kier alpha value is -1.63. The molecule has 1 aromatic carbocycles. The smallest absolute Gasteiger partial charge is 0.206 e. The van der Waals surface area contributed by atoms with E-state index in [1.165, 1.54) is 11.3 Å². The van der Waals surface area contributed by atoms with Gasteiger partial charge in [-0.1, -0.05) is 59.0 Å². The molecule has 0 atom stereocenters. The van der Waals surface area contributed by atoms with Crippen LogP contribution in [-0.4, -0.2) is 21.7 Å². The Morgan fingerprint density at radius 2 is 2.17 bits per heavy atom. The zero-order chi connectivity index (χ0) is 16.2. The molecule has 0 saturated carbocycles. The maximum atomic E-state index is 6.48. The second-order valence-corrected chi connectivity index (χ2v) is 7.42. The molecule has 3 rings (SSSR count). The van der Waals surface area contributed by atoms with Crippen LogP contribution in [0, 0.1) is 6.92 Å². The summed E-state index contributed by atoms with van der Waals surface area (Å²) in [6.45, 7) is 6.37. The molecule has 0 spiro atoms. The summed E-state index contributed by atoms with van der Waals surface area (Å²) < 4.78 is 0.889. The maximum absolute atomic E-state index is 6.48. The van der Waals surface area contributed by atoms with E-state index in [2.05, 4.69) is 27.1 Å². The number of fused-ring (bicyclic) bond motifs is 1. The molecule has 1 N–H and O–H groups in total. The van der Waals surface area contributed by atoms with E-state index in [1.54, 1.807) is 17.8 Å². The second kappa shape index (κ2) is 7.29. The summed E-state index contributed by atoms with van der Waals surface area (Å²) >= 11 is 9.59. The van der Waals surface area contributed by atoms with Crippen LogP contribution in [0.2, 0.25) is 5.02 Å². The first-order valence-electron chi connectivity index (χ1n) is 7.04. The van der Waals surface area contributed by atoms with E-state index in [9.17, 15) is 0 Å². The zero-order valence-electron chi connectivity index (χ0n) is 12.5. The van der Waals surface area contributed by atoms with Crippen molar-refractivity contribution in [2.45, 2.75) is 17.0 Å². The lowest BCUT2D eigenvalue weighted by molar-refractivity contribution is 1.01. The van der Waals surface area contributed by atoms with E-state index in [0.717, 1.165) is 36.7 Å². The number of hydrogen-bond donors (Lipinski definition) is 1. The van der Waals surface area contributed by atoms with Crippen LogP contribution in [-0.2, 0) is 5.75 Å². The quantitative estimate of drug-likeness (QED) is 0.497. The van der Waals surface area contributed by atoms with Crippen LogP contribution in [0.4, 0.5) is 5.13 Å². The minimum absolute atomic E-state index is 0.667. The van der Waals surface area contributed by atoms with Gasteiger partial charge >= 0.3 is 0 Å². The fourth-order valence-electron chi connectivity index (χ4n) is 2.14. The lowest BCUT2D eigenvalue weighted by atomic mass is 10.1. The number of rotatable bonds is 6. The Morgan fingerprint density at radius 1 is 1.35 bits per heavy atom. The van der Waals surface area contributed by atoms with Gasteiger partial charge in [0, 0.05) is 17.7 Å². The average molecular weight is 363 g/mol. The van der Waals surface area contributed by atoms with Crippen LogP contribution in [0.25, 0.3) is 10.9 Å². The predicted molar refractivity (Wildman–Crippen MR) is 99.6 cm³/mol. The van der Waals surface area contributed by atoms with E-state index >= 15 is 0 Å². The fourth-order valence-corrected chi connectivity index (χ4v) is 4.13. The van der Waals surface area contributed by atoms with Gasteiger partial charge in [-0.25, -0.2) is 0 Å². The molecular weight excluding hydrogens is 348 g/mol. The molecule has 0 unspecified atom stereocenters. The second-order valence-electron chi connectivity index (χ2n) is 4.85. The van der Waals surface area contributed by atoms with Gasteiger partial charge < -0.3 is 5.32 Å². The number of pyridine rings is 1. The van der Waals surface area contributed by atoms with Gasteiger partial charge in [-0.15, -0.1) is 16.8 Å². The molecule has 0 aliphatic carbocycles. The van der Waals surface area contributed by atoms with Crippen LogP contribution in [0.15, 0.2) is 41.3 Å². The van der Waals surface area contributed by atoms with Gasteiger partial charge in [-0.2, -0.15) is 0 Å². The number of anilines is 1. The van der Waals surface area contributed by atoms with Gasteiger partial charge in [0.05, 0.1) is 16.2 Å². The van der Waals surface area contributed by atoms with Crippen LogP contribution >= 0.6 is 34.7 Å². The summed E-state index contributed by atoms with van der Waals surface area (Å²) in [5.41, 5.74) is 2.91. The number of hydrogen-bond acceptors (Lipinski definition) is 6. The number of nitrogens with one attached hydrogen (secondary N) is 1. The first-order chi connectivity index (χ1) is 11.2. The number of aromatic nitrogens is 3. The van der Waals surface area contributed by atoms with Gasteiger partial charge in [0.15, 0.2) is 4.34 Å². The highest BCUT2D eigenvalue weighted by atomic mass is 35.5. The van der Waals surface area contributed by atoms with Crippen molar-refractivity contribution in [3.8, 4) is 0 Å². The van der Waals surface area contributed by atoms with Crippen molar-refractivity contribution < 1.29 is 0 Å². The number of aryl methyl sites for hydroxylation is 1. The molecule has 118 valence electrons. The number of benzene rings is 1. The monoisotopic (exact) mass is 362 g/mol. The van der Waals surface area contributed by atoms with Gasteiger partial charge in [0.25, 0.3) is 0 Å². The van der Waals surface area contributed by atoms with Gasteiger partial charge in [-0.3, -0.25) is 4.98 Å². The first-order valence-corrected chi connectivity index (χ1v) is 9.22. The Labute approximate surface area is 148 Å². The molecule has 2 aromatic heterocycles.